The van der Waals surface area contributed by atoms with E-state index in [1.807, 2.05) is 24.4 Å². The third kappa shape index (κ3) is 3.01. The number of hydrogen-bond donors (Lipinski definition) is 1. The topological polar surface area (TPSA) is 61.0 Å². The quantitative estimate of drug-likeness (QED) is 0.867. The summed E-state index contributed by atoms with van der Waals surface area (Å²) in [5, 5.41) is 0. The molecule has 4 heteroatoms. The maximum Gasteiger partial charge on any atom is 0.137 e. The van der Waals surface area contributed by atoms with Gasteiger partial charge in [-0.2, -0.15) is 0 Å². The molecule has 0 bridgehead atoms. The fraction of sp³-hybridized carbons (Fsp3) is 0.231. The van der Waals surface area contributed by atoms with Crippen LogP contribution in [0.1, 0.15) is 17.2 Å². The van der Waals surface area contributed by atoms with Crippen LogP contribution < -0.4 is 10.5 Å². The zero-order valence-electron chi connectivity index (χ0n) is 9.71. The minimum absolute atomic E-state index is 0.0956. The van der Waals surface area contributed by atoms with Crippen LogP contribution in [-0.4, -0.2) is 17.1 Å². The Morgan fingerprint density at radius 3 is 2.88 bits per heavy atom. The maximum absolute atomic E-state index is 6.13. The van der Waals surface area contributed by atoms with Gasteiger partial charge in [-0.3, -0.25) is 9.97 Å². The average Bonchev–Trinajstić information content (AvgIpc) is 2.40. The highest BCUT2D eigenvalue weighted by molar-refractivity contribution is 5.27. The van der Waals surface area contributed by atoms with E-state index in [9.17, 15) is 0 Å². The minimum Gasteiger partial charge on any atom is -0.495 e. The Bertz CT molecular complexity index is 473. The molecule has 0 saturated carbocycles. The molecule has 0 amide bonds. The lowest BCUT2D eigenvalue weighted by molar-refractivity contribution is 0.411. The van der Waals surface area contributed by atoms with Gasteiger partial charge in [0.05, 0.1) is 13.3 Å². The van der Waals surface area contributed by atoms with Gasteiger partial charge in [-0.25, -0.2) is 0 Å². The molecule has 0 aliphatic heterocycles. The Morgan fingerprint density at radius 1 is 1.29 bits per heavy atom. The SMILES string of the molecule is COc1cncc(C(N)Cc2cccnc2)c1. The molecule has 0 saturated heterocycles. The molecule has 1 atom stereocenters. The second-order valence-corrected chi connectivity index (χ2v) is 3.83. The fourth-order valence-electron chi connectivity index (χ4n) is 1.64. The summed E-state index contributed by atoms with van der Waals surface area (Å²) < 4.78 is 5.12. The van der Waals surface area contributed by atoms with Crippen molar-refractivity contribution in [3.63, 3.8) is 0 Å². The molecule has 17 heavy (non-hydrogen) atoms. The van der Waals surface area contributed by atoms with Gasteiger partial charge >= 0.3 is 0 Å². The van der Waals surface area contributed by atoms with E-state index in [0.717, 1.165) is 23.3 Å². The number of nitrogens with two attached hydrogens (primary N) is 1. The van der Waals surface area contributed by atoms with Crippen molar-refractivity contribution in [1.82, 2.24) is 9.97 Å². The third-order valence-electron chi connectivity index (χ3n) is 2.58. The summed E-state index contributed by atoms with van der Waals surface area (Å²) in [7, 11) is 1.62. The van der Waals surface area contributed by atoms with E-state index in [2.05, 4.69) is 9.97 Å². The van der Waals surface area contributed by atoms with Crippen LogP contribution in [0.5, 0.6) is 5.75 Å². The predicted molar refractivity (Wildman–Crippen MR) is 65.7 cm³/mol. The average molecular weight is 229 g/mol. The smallest absolute Gasteiger partial charge is 0.137 e. The van der Waals surface area contributed by atoms with Crippen molar-refractivity contribution in [2.45, 2.75) is 12.5 Å². The Labute approximate surface area is 100 Å². The van der Waals surface area contributed by atoms with E-state index < -0.39 is 0 Å². The first-order chi connectivity index (χ1) is 8.29. The second-order valence-electron chi connectivity index (χ2n) is 3.83. The van der Waals surface area contributed by atoms with Gasteiger partial charge in [0.15, 0.2) is 0 Å². The monoisotopic (exact) mass is 229 g/mol. The normalized spacial score (nSPS) is 12.1. The molecule has 2 aromatic heterocycles. The van der Waals surface area contributed by atoms with Gasteiger partial charge in [0, 0.05) is 24.6 Å². The highest BCUT2D eigenvalue weighted by Gasteiger charge is 2.08. The molecule has 2 N–H and O–H groups in total. The van der Waals surface area contributed by atoms with Crippen molar-refractivity contribution in [2.24, 2.45) is 5.73 Å². The first-order valence-corrected chi connectivity index (χ1v) is 5.43. The van der Waals surface area contributed by atoms with E-state index in [-0.39, 0.29) is 6.04 Å². The largest absolute Gasteiger partial charge is 0.495 e. The summed E-state index contributed by atoms with van der Waals surface area (Å²) in [4.78, 5) is 8.17. The summed E-state index contributed by atoms with van der Waals surface area (Å²) in [6.45, 7) is 0. The van der Waals surface area contributed by atoms with Crippen LogP contribution in [0.3, 0.4) is 0 Å². The number of ether oxygens (including phenoxy) is 1. The number of methoxy groups -OCH3 is 1. The number of nitrogens with zero attached hydrogens (tertiary/aromatic N) is 2. The van der Waals surface area contributed by atoms with Crippen molar-refractivity contribution in [3.8, 4) is 5.75 Å². The van der Waals surface area contributed by atoms with E-state index >= 15 is 0 Å². The van der Waals surface area contributed by atoms with Gasteiger partial charge in [0.2, 0.25) is 0 Å². The maximum atomic E-state index is 6.13. The van der Waals surface area contributed by atoms with Crippen LogP contribution in [-0.2, 0) is 6.42 Å². The molecule has 88 valence electrons. The molecule has 4 nitrogen and oxygen atoms in total. The van der Waals surface area contributed by atoms with Gasteiger partial charge in [-0.15, -0.1) is 0 Å². The van der Waals surface area contributed by atoms with Gasteiger partial charge < -0.3 is 10.5 Å². The van der Waals surface area contributed by atoms with E-state index in [1.165, 1.54) is 0 Å². The Kier molecular flexibility index (Phi) is 3.67. The molecule has 2 rings (SSSR count). The summed E-state index contributed by atoms with van der Waals surface area (Å²) in [5.74, 6) is 0.726. The lowest BCUT2D eigenvalue weighted by atomic mass is 10.0. The first-order valence-electron chi connectivity index (χ1n) is 5.43. The number of hydrogen-bond acceptors (Lipinski definition) is 4. The highest BCUT2D eigenvalue weighted by Crippen LogP contribution is 2.18. The zero-order chi connectivity index (χ0) is 12.1. The van der Waals surface area contributed by atoms with E-state index in [1.54, 1.807) is 25.7 Å². The number of aromatic nitrogens is 2. The molecule has 0 fully saturated rings. The number of pyridine rings is 2. The molecule has 0 aliphatic rings. The minimum atomic E-state index is -0.0956. The first kappa shape index (κ1) is 11.5. The van der Waals surface area contributed by atoms with Crippen LogP contribution in [0.4, 0.5) is 0 Å². The molecule has 2 heterocycles. The fourth-order valence-corrected chi connectivity index (χ4v) is 1.64. The lowest BCUT2D eigenvalue weighted by Crippen LogP contribution is -2.13. The molecule has 2 aromatic rings. The Hall–Kier alpha value is -1.94. The molecule has 1 unspecified atom stereocenters. The summed E-state index contributed by atoms with van der Waals surface area (Å²) >= 11 is 0. The van der Waals surface area contributed by atoms with Crippen molar-refractivity contribution >= 4 is 0 Å². The van der Waals surface area contributed by atoms with Gasteiger partial charge in [0.25, 0.3) is 0 Å². The van der Waals surface area contributed by atoms with Gasteiger partial charge in [0.1, 0.15) is 5.75 Å². The lowest BCUT2D eigenvalue weighted by Gasteiger charge is -2.12. The molecule has 0 aromatic carbocycles. The summed E-state index contributed by atoms with van der Waals surface area (Å²) in [6, 6.07) is 5.74. The highest BCUT2D eigenvalue weighted by atomic mass is 16.5. The van der Waals surface area contributed by atoms with Crippen molar-refractivity contribution in [2.75, 3.05) is 7.11 Å². The standard InChI is InChI=1S/C13H15N3O/c1-17-12-6-11(8-16-9-12)13(14)5-10-3-2-4-15-7-10/h2-4,6-9,13H,5,14H2,1H3. The molecule has 0 aliphatic carbocycles. The zero-order valence-corrected chi connectivity index (χ0v) is 9.71. The van der Waals surface area contributed by atoms with Gasteiger partial charge in [-0.05, 0) is 29.7 Å². The van der Waals surface area contributed by atoms with Gasteiger partial charge in [-0.1, -0.05) is 6.07 Å². The Morgan fingerprint density at radius 2 is 2.18 bits per heavy atom. The molecular formula is C13H15N3O. The molecule has 0 radical (unpaired) electrons. The van der Waals surface area contributed by atoms with Crippen molar-refractivity contribution in [1.29, 1.82) is 0 Å². The van der Waals surface area contributed by atoms with Crippen molar-refractivity contribution < 1.29 is 4.74 Å². The third-order valence-corrected chi connectivity index (χ3v) is 2.58. The summed E-state index contributed by atoms with van der Waals surface area (Å²) in [6.07, 6.45) is 7.75. The van der Waals surface area contributed by atoms with Crippen molar-refractivity contribution in [3.05, 3.63) is 54.1 Å². The number of rotatable bonds is 4. The van der Waals surface area contributed by atoms with Crippen LogP contribution in [0, 0.1) is 0 Å². The van der Waals surface area contributed by atoms with Crippen LogP contribution in [0.15, 0.2) is 43.0 Å². The predicted octanol–water partition coefficient (Wildman–Crippen LogP) is 1.73. The summed E-state index contributed by atoms with van der Waals surface area (Å²) in [5.41, 5.74) is 8.21. The van der Waals surface area contributed by atoms with Crippen LogP contribution >= 0.6 is 0 Å². The molecular weight excluding hydrogens is 214 g/mol. The van der Waals surface area contributed by atoms with E-state index in [0.29, 0.717) is 0 Å². The second kappa shape index (κ2) is 5.41. The Balaban J connectivity index is 2.11. The van der Waals surface area contributed by atoms with Crippen LogP contribution in [0.2, 0.25) is 0 Å². The van der Waals surface area contributed by atoms with E-state index in [4.69, 9.17) is 10.5 Å². The molecule has 0 spiro atoms. The van der Waals surface area contributed by atoms with Crippen LogP contribution in [0.25, 0.3) is 0 Å².